The van der Waals surface area contributed by atoms with Crippen molar-refractivity contribution in [1.29, 1.82) is 0 Å². The molecule has 1 unspecified atom stereocenters. The number of amides is 1. The highest BCUT2D eigenvalue weighted by atomic mass is 35.5. The Balaban J connectivity index is 2.04. The quantitative estimate of drug-likeness (QED) is 0.921. The SMILES string of the molecule is Cc1ccc(C(C)NC(=O)c2ccc(Cl)s2)o1. The first kappa shape index (κ1) is 12.2. The zero-order chi connectivity index (χ0) is 12.4. The molecule has 1 atom stereocenters. The number of carbonyl (C=O) groups excluding carboxylic acids is 1. The van der Waals surface area contributed by atoms with Gasteiger partial charge in [0.2, 0.25) is 0 Å². The Bertz CT molecular complexity index is 532. The largest absolute Gasteiger partial charge is 0.464 e. The van der Waals surface area contributed by atoms with Crippen LogP contribution in [0.2, 0.25) is 4.34 Å². The number of hydrogen-bond donors (Lipinski definition) is 1. The van der Waals surface area contributed by atoms with Gasteiger partial charge < -0.3 is 9.73 Å². The summed E-state index contributed by atoms with van der Waals surface area (Å²) in [6, 6.07) is 7.00. The van der Waals surface area contributed by atoms with E-state index in [0.29, 0.717) is 9.21 Å². The van der Waals surface area contributed by atoms with Crippen molar-refractivity contribution < 1.29 is 9.21 Å². The summed E-state index contributed by atoms with van der Waals surface area (Å²) in [5.74, 6) is 1.45. The number of halogens is 1. The van der Waals surface area contributed by atoms with Gasteiger partial charge in [0.05, 0.1) is 15.3 Å². The van der Waals surface area contributed by atoms with Crippen molar-refractivity contribution >= 4 is 28.8 Å². The number of nitrogens with one attached hydrogen (secondary N) is 1. The Morgan fingerprint density at radius 1 is 1.41 bits per heavy atom. The van der Waals surface area contributed by atoms with E-state index in [-0.39, 0.29) is 11.9 Å². The van der Waals surface area contributed by atoms with Gasteiger partial charge in [-0.25, -0.2) is 0 Å². The maximum atomic E-state index is 11.8. The molecule has 0 aliphatic carbocycles. The number of rotatable bonds is 3. The molecule has 2 aromatic rings. The normalized spacial score (nSPS) is 12.4. The first-order valence-corrected chi connectivity index (χ1v) is 6.38. The zero-order valence-corrected chi connectivity index (χ0v) is 11.1. The Morgan fingerprint density at radius 2 is 2.18 bits per heavy atom. The Hall–Kier alpha value is -1.26. The van der Waals surface area contributed by atoms with Crippen LogP contribution >= 0.6 is 22.9 Å². The minimum Gasteiger partial charge on any atom is -0.464 e. The maximum Gasteiger partial charge on any atom is 0.261 e. The topological polar surface area (TPSA) is 42.2 Å². The van der Waals surface area contributed by atoms with Crippen LogP contribution in [0.5, 0.6) is 0 Å². The third-order valence-corrected chi connectivity index (χ3v) is 3.56. The molecule has 2 rings (SSSR count). The average molecular weight is 270 g/mol. The summed E-state index contributed by atoms with van der Waals surface area (Å²) < 4.78 is 6.06. The Morgan fingerprint density at radius 3 is 2.71 bits per heavy atom. The van der Waals surface area contributed by atoms with Gasteiger partial charge in [-0.2, -0.15) is 0 Å². The lowest BCUT2D eigenvalue weighted by Crippen LogP contribution is -2.25. The van der Waals surface area contributed by atoms with Crippen molar-refractivity contribution in [2.24, 2.45) is 0 Å². The van der Waals surface area contributed by atoms with E-state index in [1.807, 2.05) is 26.0 Å². The number of furan rings is 1. The van der Waals surface area contributed by atoms with Crippen molar-refractivity contribution in [3.8, 4) is 0 Å². The van der Waals surface area contributed by atoms with Crippen LogP contribution in [0.25, 0.3) is 0 Å². The molecule has 0 aliphatic heterocycles. The Labute approximate surface area is 108 Å². The molecule has 0 aliphatic rings. The fourth-order valence-corrected chi connectivity index (χ4v) is 2.41. The van der Waals surface area contributed by atoms with E-state index in [0.717, 1.165) is 11.5 Å². The predicted molar refractivity (Wildman–Crippen MR) is 68.7 cm³/mol. The van der Waals surface area contributed by atoms with E-state index < -0.39 is 0 Å². The third kappa shape index (κ3) is 2.90. The van der Waals surface area contributed by atoms with Crippen molar-refractivity contribution in [2.75, 3.05) is 0 Å². The molecule has 1 amide bonds. The van der Waals surface area contributed by atoms with Gasteiger partial charge in [0, 0.05) is 0 Å². The van der Waals surface area contributed by atoms with E-state index in [1.165, 1.54) is 11.3 Å². The highest BCUT2D eigenvalue weighted by Crippen LogP contribution is 2.22. The minimum absolute atomic E-state index is 0.136. The van der Waals surface area contributed by atoms with Crippen LogP contribution in [0.1, 0.15) is 34.2 Å². The van der Waals surface area contributed by atoms with E-state index >= 15 is 0 Å². The lowest BCUT2D eigenvalue weighted by molar-refractivity contribution is 0.0939. The molecule has 2 aromatic heterocycles. The molecule has 2 heterocycles. The standard InChI is InChI=1S/C12H12ClNO2S/c1-7-3-4-9(16-7)8(2)14-12(15)10-5-6-11(13)17-10/h3-6,8H,1-2H3,(H,14,15). The highest BCUT2D eigenvalue weighted by Gasteiger charge is 2.15. The van der Waals surface area contributed by atoms with E-state index in [1.54, 1.807) is 12.1 Å². The molecule has 5 heteroatoms. The van der Waals surface area contributed by atoms with Crippen LogP contribution in [-0.2, 0) is 0 Å². The second-order valence-electron chi connectivity index (χ2n) is 3.75. The smallest absolute Gasteiger partial charge is 0.261 e. The summed E-state index contributed by atoms with van der Waals surface area (Å²) >= 11 is 7.04. The van der Waals surface area contributed by atoms with Gasteiger partial charge in [0.1, 0.15) is 11.5 Å². The zero-order valence-electron chi connectivity index (χ0n) is 9.49. The second-order valence-corrected chi connectivity index (χ2v) is 5.46. The maximum absolute atomic E-state index is 11.8. The molecule has 0 aromatic carbocycles. The molecule has 3 nitrogen and oxygen atoms in total. The van der Waals surface area contributed by atoms with Gasteiger partial charge in [-0.05, 0) is 38.1 Å². The lowest BCUT2D eigenvalue weighted by atomic mass is 10.2. The third-order valence-electron chi connectivity index (χ3n) is 2.33. The predicted octanol–water partition coefficient (Wildman–Crippen LogP) is 3.79. The van der Waals surface area contributed by atoms with Crippen LogP contribution < -0.4 is 5.32 Å². The van der Waals surface area contributed by atoms with Crippen LogP contribution in [0.4, 0.5) is 0 Å². The summed E-state index contributed by atoms with van der Waals surface area (Å²) in [5.41, 5.74) is 0. The van der Waals surface area contributed by atoms with E-state index in [4.69, 9.17) is 16.0 Å². The van der Waals surface area contributed by atoms with Crippen LogP contribution in [-0.4, -0.2) is 5.91 Å². The molecule has 0 spiro atoms. The van der Waals surface area contributed by atoms with Crippen LogP contribution in [0.15, 0.2) is 28.7 Å². The van der Waals surface area contributed by atoms with E-state index in [9.17, 15) is 4.79 Å². The Kier molecular flexibility index (Phi) is 3.54. The molecule has 1 N–H and O–H groups in total. The van der Waals surface area contributed by atoms with Gasteiger partial charge in [0.15, 0.2) is 0 Å². The molecule has 0 saturated carbocycles. The van der Waals surface area contributed by atoms with Crippen molar-refractivity contribution in [2.45, 2.75) is 19.9 Å². The number of aryl methyl sites for hydroxylation is 1. The van der Waals surface area contributed by atoms with Gasteiger partial charge in [-0.3, -0.25) is 4.79 Å². The number of carbonyl (C=O) groups is 1. The molecule has 0 bridgehead atoms. The van der Waals surface area contributed by atoms with Crippen LogP contribution in [0, 0.1) is 6.92 Å². The number of thiophene rings is 1. The van der Waals surface area contributed by atoms with Crippen molar-refractivity contribution in [3.63, 3.8) is 0 Å². The monoisotopic (exact) mass is 269 g/mol. The summed E-state index contributed by atoms with van der Waals surface area (Å²) in [7, 11) is 0. The summed E-state index contributed by atoms with van der Waals surface area (Å²) in [4.78, 5) is 12.4. The minimum atomic E-state index is -0.155. The molecular weight excluding hydrogens is 258 g/mol. The summed E-state index contributed by atoms with van der Waals surface area (Å²) in [6.45, 7) is 3.75. The molecular formula is C12H12ClNO2S. The van der Waals surface area contributed by atoms with Crippen molar-refractivity contribution in [3.05, 3.63) is 45.0 Å². The molecule has 0 saturated heterocycles. The second kappa shape index (κ2) is 4.94. The van der Waals surface area contributed by atoms with Gasteiger partial charge in [-0.15, -0.1) is 11.3 Å². The average Bonchev–Trinajstić information content (AvgIpc) is 2.87. The van der Waals surface area contributed by atoms with Crippen LogP contribution in [0.3, 0.4) is 0 Å². The van der Waals surface area contributed by atoms with Crippen molar-refractivity contribution in [1.82, 2.24) is 5.32 Å². The fraction of sp³-hybridized carbons (Fsp3) is 0.250. The molecule has 0 radical (unpaired) electrons. The molecule has 0 fully saturated rings. The fourth-order valence-electron chi connectivity index (χ4n) is 1.46. The number of hydrogen-bond acceptors (Lipinski definition) is 3. The van der Waals surface area contributed by atoms with Gasteiger partial charge in [0.25, 0.3) is 5.91 Å². The summed E-state index contributed by atoms with van der Waals surface area (Å²) in [5, 5.41) is 2.86. The lowest BCUT2D eigenvalue weighted by Gasteiger charge is -2.10. The first-order chi connectivity index (χ1) is 8.06. The first-order valence-electron chi connectivity index (χ1n) is 5.19. The van der Waals surface area contributed by atoms with E-state index in [2.05, 4.69) is 5.32 Å². The summed E-state index contributed by atoms with van der Waals surface area (Å²) in [6.07, 6.45) is 0. The molecule has 17 heavy (non-hydrogen) atoms. The molecule has 90 valence electrons. The van der Waals surface area contributed by atoms with Gasteiger partial charge >= 0.3 is 0 Å². The highest BCUT2D eigenvalue weighted by molar-refractivity contribution is 7.17. The van der Waals surface area contributed by atoms with Gasteiger partial charge in [-0.1, -0.05) is 11.6 Å².